The minimum absolute atomic E-state index is 0.177. The second kappa shape index (κ2) is 6.04. The van der Waals surface area contributed by atoms with Crippen LogP contribution >= 0.6 is 0 Å². The number of primary sulfonamides is 1. The summed E-state index contributed by atoms with van der Waals surface area (Å²) in [6.07, 6.45) is 3.55. The van der Waals surface area contributed by atoms with Gasteiger partial charge in [-0.2, -0.15) is 0 Å². The lowest BCUT2D eigenvalue weighted by Crippen LogP contribution is -2.56. The summed E-state index contributed by atoms with van der Waals surface area (Å²) in [5, 5.41) is 8.76. The van der Waals surface area contributed by atoms with Crippen molar-refractivity contribution >= 4 is 10.0 Å². The van der Waals surface area contributed by atoms with Gasteiger partial charge in [0.15, 0.2) is 0 Å². The van der Waals surface area contributed by atoms with Crippen LogP contribution in [0.4, 0.5) is 0 Å². The Kier molecular flexibility index (Phi) is 4.31. The van der Waals surface area contributed by atoms with Crippen molar-refractivity contribution in [2.75, 3.05) is 26.2 Å². The van der Waals surface area contributed by atoms with Gasteiger partial charge in [-0.1, -0.05) is 12.1 Å². The van der Waals surface area contributed by atoms with Crippen LogP contribution in [0.2, 0.25) is 0 Å². The first-order valence-corrected chi connectivity index (χ1v) is 9.14. The van der Waals surface area contributed by atoms with Crippen LogP contribution in [0.1, 0.15) is 18.4 Å². The monoisotopic (exact) mass is 309 g/mol. The van der Waals surface area contributed by atoms with E-state index in [1.165, 1.54) is 32.5 Å². The van der Waals surface area contributed by atoms with E-state index in [2.05, 4.69) is 10.2 Å². The van der Waals surface area contributed by atoms with Crippen molar-refractivity contribution in [3.63, 3.8) is 0 Å². The molecule has 3 saturated heterocycles. The quantitative estimate of drug-likeness (QED) is 0.833. The van der Waals surface area contributed by atoms with Crippen LogP contribution in [0, 0.1) is 5.92 Å². The zero-order chi connectivity index (χ0) is 14.9. The molecule has 3 heterocycles. The number of nitrogens with one attached hydrogen (secondary N) is 1. The van der Waals surface area contributed by atoms with Gasteiger partial charge in [0, 0.05) is 12.6 Å². The molecule has 1 aromatic rings. The van der Waals surface area contributed by atoms with Crippen LogP contribution in [0.15, 0.2) is 29.2 Å². The van der Waals surface area contributed by atoms with Crippen LogP contribution < -0.4 is 10.5 Å². The van der Waals surface area contributed by atoms with Gasteiger partial charge in [-0.3, -0.25) is 0 Å². The van der Waals surface area contributed by atoms with Crippen molar-refractivity contribution in [1.29, 1.82) is 0 Å². The first-order valence-electron chi connectivity index (χ1n) is 7.60. The molecule has 0 amide bonds. The summed E-state index contributed by atoms with van der Waals surface area (Å²) in [6.45, 7) is 4.63. The first-order chi connectivity index (χ1) is 10.0. The van der Waals surface area contributed by atoms with Gasteiger partial charge in [0.05, 0.1) is 4.90 Å². The third kappa shape index (κ3) is 3.63. The molecule has 1 aromatic carbocycles. The molecule has 0 radical (unpaired) electrons. The zero-order valence-electron chi connectivity index (χ0n) is 12.2. The van der Waals surface area contributed by atoms with Gasteiger partial charge in [-0.15, -0.1) is 0 Å². The smallest absolute Gasteiger partial charge is 0.238 e. The highest BCUT2D eigenvalue weighted by Crippen LogP contribution is 2.27. The number of nitrogens with zero attached hydrogens (tertiary/aromatic N) is 1. The normalized spacial score (nSPS) is 28.7. The van der Waals surface area contributed by atoms with Gasteiger partial charge < -0.3 is 10.2 Å². The Bertz CT molecular complexity index is 577. The number of piperidine rings is 3. The summed E-state index contributed by atoms with van der Waals surface area (Å²) in [6, 6.07) is 7.48. The van der Waals surface area contributed by atoms with Gasteiger partial charge in [-0.25, -0.2) is 13.6 Å². The van der Waals surface area contributed by atoms with Crippen molar-refractivity contribution in [1.82, 2.24) is 10.2 Å². The second-order valence-electron chi connectivity index (χ2n) is 6.14. The van der Waals surface area contributed by atoms with Crippen LogP contribution in [0.25, 0.3) is 0 Å². The number of rotatable bonds is 5. The maximum atomic E-state index is 11.2. The Balaban J connectivity index is 1.49. The maximum Gasteiger partial charge on any atom is 0.238 e. The standard InChI is InChI=1S/C15H23N3O2S/c16-21(19,20)14-3-1-12(2-4-14)5-8-17-15-11-18-9-6-13(15)7-10-18/h1-4,13,15,17H,5-11H2,(H2,16,19,20). The van der Waals surface area contributed by atoms with Crippen molar-refractivity contribution in [2.45, 2.75) is 30.2 Å². The molecular formula is C15H23N3O2S. The minimum atomic E-state index is -3.58. The molecule has 0 aliphatic carbocycles. The van der Waals surface area contributed by atoms with E-state index in [0.717, 1.165) is 24.4 Å². The zero-order valence-corrected chi connectivity index (χ0v) is 13.0. The van der Waals surface area contributed by atoms with Gasteiger partial charge >= 0.3 is 0 Å². The Morgan fingerprint density at radius 3 is 2.38 bits per heavy atom. The topological polar surface area (TPSA) is 75.4 Å². The Labute approximate surface area is 126 Å². The number of hydrogen-bond acceptors (Lipinski definition) is 4. The van der Waals surface area contributed by atoms with E-state index in [0.29, 0.717) is 6.04 Å². The van der Waals surface area contributed by atoms with Crippen molar-refractivity contribution in [3.05, 3.63) is 29.8 Å². The molecule has 3 fully saturated rings. The Morgan fingerprint density at radius 2 is 1.86 bits per heavy atom. The SMILES string of the molecule is NS(=O)(=O)c1ccc(CCNC2CN3CCC2CC3)cc1. The molecular weight excluding hydrogens is 286 g/mol. The Morgan fingerprint density at radius 1 is 1.19 bits per heavy atom. The van der Waals surface area contributed by atoms with Crippen molar-refractivity contribution in [2.24, 2.45) is 11.1 Å². The van der Waals surface area contributed by atoms with Crippen LogP contribution in [0.3, 0.4) is 0 Å². The number of fused-ring (bicyclic) bond motifs is 3. The molecule has 1 atom stereocenters. The molecule has 2 bridgehead atoms. The largest absolute Gasteiger partial charge is 0.312 e. The van der Waals surface area contributed by atoms with Crippen LogP contribution in [-0.4, -0.2) is 45.5 Å². The third-order valence-corrected chi connectivity index (χ3v) is 5.66. The molecule has 1 unspecified atom stereocenters. The summed E-state index contributed by atoms with van der Waals surface area (Å²) < 4.78 is 22.4. The average molecular weight is 309 g/mol. The molecule has 0 saturated carbocycles. The van der Waals surface area contributed by atoms with Crippen molar-refractivity contribution in [3.8, 4) is 0 Å². The average Bonchev–Trinajstić information content (AvgIpc) is 2.48. The molecule has 21 heavy (non-hydrogen) atoms. The molecule has 5 nitrogen and oxygen atoms in total. The van der Waals surface area contributed by atoms with Gasteiger partial charge in [0.25, 0.3) is 0 Å². The van der Waals surface area contributed by atoms with E-state index in [1.807, 2.05) is 12.1 Å². The summed E-state index contributed by atoms with van der Waals surface area (Å²) in [5.41, 5.74) is 1.14. The third-order valence-electron chi connectivity index (χ3n) is 4.73. The molecule has 0 aromatic heterocycles. The second-order valence-corrected chi connectivity index (χ2v) is 7.70. The molecule has 4 rings (SSSR count). The molecule has 116 valence electrons. The summed E-state index contributed by atoms with van der Waals surface area (Å²) in [4.78, 5) is 2.72. The fourth-order valence-corrected chi connectivity index (χ4v) is 3.96. The molecule has 3 aliphatic rings. The predicted octanol–water partition coefficient (Wildman–Crippen LogP) is 0.560. The van der Waals surface area contributed by atoms with Crippen molar-refractivity contribution < 1.29 is 8.42 Å². The van der Waals surface area contributed by atoms with E-state index in [1.54, 1.807) is 12.1 Å². The maximum absolute atomic E-state index is 11.2. The first kappa shape index (κ1) is 15.0. The Hall–Kier alpha value is -0.950. The molecule has 6 heteroatoms. The highest BCUT2D eigenvalue weighted by molar-refractivity contribution is 7.89. The number of sulfonamides is 1. The summed E-state index contributed by atoms with van der Waals surface area (Å²) in [7, 11) is -3.58. The van der Waals surface area contributed by atoms with E-state index in [-0.39, 0.29) is 4.90 Å². The number of hydrogen-bond donors (Lipinski definition) is 2. The number of nitrogens with two attached hydrogens (primary N) is 1. The van der Waals surface area contributed by atoms with Gasteiger partial charge in [0.2, 0.25) is 10.0 Å². The van der Waals surface area contributed by atoms with E-state index in [9.17, 15) is 8.42 Å². The summed E-state index contributed by atoms with van der Waals surface area (Å²) >= 11 is 0. The fraction of sp³-hybridized carbons (Fsp3) is 0.600. The number of benzene rings is 1. The lowest BCUT2D eigenvalue weighted by molar-refractivity contribution is 0.0731. The fourth-order valence-electron chi connectivity index (χ4n) is 3.44. The molecule has 3 aliphatic heterocycles. The van der Waals surface area contributed by atoms with Gasteiger partial charge in [0.1, 0.15) is 0 Å². The molecule has 0 spiro atoms. The highest BCUT2D eigenvalue weighted by atomic mass is 32.2. The van der Waals surface area contributed by atoms with Crippen LogP contribution in [0.5, 0.6) is 0 Å². The highest BCUT2D eigenvalue weighted by Gasteiger charge is 2.33. The van der Waals surface area contributed by atoms with Gasteiger partial charge in [-0.05, 0) is 62.5 Å². The lowest BCUT2D eigenvalue weighted by Gasteiger charge is -2.45. The minimum Gasteiger partial charge on any atom is -0.312 e. The van der Waals surface area contributed by atoms with E-state index < -0.39 is 10.0 Å². The predicted molar refractivity (Wildman–Crippen MR) is 82.5 cm³/mol. The lowest BCUT2D eigenvalue weighted by atomic mass is 9.84. The summed E-state index contributed by atoms with van der Waals surface area (Å²) in [5.74, 6) is 0.833. The van der Waals surface area contributed by atoms with Crippen LogP contribution in [-0.2, 0) is 16.4 Å². The van der Waals surface area contributed by atoms with E-state index in [4.69, 9.17) is 5.14 Å². The molecule has 3 N–H and O–H groups in total. The van der Waals surface area contributed by atoms with E-state index >= 15 is 0 Å².